The van der Waals surface area contributed by atoms with E-state index in [1.807, 2.05) is 17.9 Å². The molecule has 1 aromatic carbocycles. The first kappa shape index (κ1) is 20.1. The lowest BCUT2D eigenvalue weighted by molar-refractivity contribution is -0.126. The summed E-state index contributed by atoms with van der Waals surface area (Å²) in [6, 6.07) is 10.6. The Kier molecular flexibility index (Phi) is 5.28. The van der Waals surface area contributed by atoms with Gasteiger partial charge in [0.15, 0.2) is 0 Å². The molecule has 4 rings (SSSR count). The van der Waals surface area contributed by atoms with Crippen molar-refractivity contribution >= 4 is 17.6 Å². The zero-order valence-electron chi connectivity index (χ0n) is 18.0. The molecular formula is C23H28N6O. The Morgan fingerprint density at radius 2 is 1.73 bits per heavy atom. The molecule has 0 bridgehead atoms. The van der Waals surface area contributed by atoms with E-state index in [1.165, 1.54) is 5.56 Å². The molecule has 2 aromatic heterocycles. The number of allylic oxidation sites excluding steroid dienone is 1. The van der Waals surface area contributed by atoms with E-state index in [-0.39, 0.29) is 11.3 Å². The summed E-state index contributed by atoms with van der Waals surface area (Å²) in [7, 11) is 0. The van der Waals surface area contributed by atoms with Crippen LogP contribution in [0.2, 0.25) is 0 Å². The van der Waals surface area contributed by atoms with E-state index in [0.29, 0.717) is 37.9 Å². The average molecular weight is 405 g/mol. The molecule has 0 atom stereocenters. The second kappa shape index (κ2) is 7.89. The predicted octanol–water partition coefficient (Wildman–Crippen LogP) is 3.31. The van der Waals surface area contributed by atoms with E-state index in [0.717, 1.165) is 11.3 Å². The van der Waals surface area contributed by atoms with Gasteiger partial charge in [0.1, 0.15) is 0 Å². The molecule has 1 aliphatic heterocycles. The minimum Gasteiger partial charge on any atom is -0.336 e. The van der Waals surface area contributed by atoms with Crippen molar-refractivity contribution in [3.63, 3.8) is 0 Å². The van der Waals surface area contributed by atoms with Gasteiger partial charge in [-0.1, -0.05) is 51.1 Å². The highest BCUT2D eigenvalue weighted by Gasteiger charge is 2.23. The van der Waals surface area contributed by atoms with Gasteiger partial charge in [-0.25, -0.2) is 4.98 Å². The van der Waals surface area contributed by atoms with Crippen LogP contribution in [0.15, 0.2) is 48.7 Å². The van der Waals surface area contributed by atoms with E-state index >= 15 is 0 Å². The van der Waals surface area contributed by atoms with Crippen molar-refractivity contribution in [2.24, 2.45) is 0 Å². The number of hydrogen-bond acceptors (Lipinski definition) is 5. The number of aromatic nitrogens is 4. The molecule has 156 valence electrons. The summed E-state index contributed by atoms with van der Waals surface area (Å²) in [6.07, 6.45) is 5.16. The molecule has 30 heavy (non-hydrogen) atoms. The lowest BCUT2D eigenvalue weighted by atomic mass is 9.86. The first-order valence-corrected chi connectivity index (χ1v) is 10.4. The quantitative estimate of drug-likeness (QED) is 0.627. The molecule has 0 aliphatic carbocycles. The van der Waals surface area contributed by atoms with Crippen LogP contribution in [0.5, 0.6) is 0 Å². The number of benzene rings is 1. The minimum absolute atomic E-state index is 0.0581. The Labute approximate surface area is 177 Å². The molecule has 0 unspecified atom stereocenters. The number of fused-ring (bicyclic) bond motifs is 1. The maximum atomic E-state index is 12.0. The van der Waals surface area contributed by atoms with E-state index in [4.69, 9.17) is 5.10 Å². The number of rotatable bonds is 3. The molecule has 1 amide bonds. The molecule has 0 radical (unpaired) electrons. The lowest BCUT2D eigenvalue weighted by Crippen LogP contribution is -2.48. The van der Waals surface area contributed by atoms with Crippen molar-refractivity contribution in [1.82, 2.24) is 24.5 Å². The zero-order valence-corrected chi connectivity index (χ0v) is 18.0. The predicted molar refractivity (Wildman–Crippen MR) is 119 cm³/mol. The van der Waals surface area contributed by atoms with Crippen LogP contribution >= 0.6 is 0 Å². The third-order valence-corrected chi connectivity index (χ3v) is 5.46. The molecule has 1 fully saturated rings. The van der Waals surface area contributed by atoms with Crippen LogP contribution in [0.25, 0.3) is 17.0 Å². The van der Waals surface area contributed by atoms with E-state index in [2.05, 4.69) is 59.9 Å². The van der Waals surface area contributed by atoms with Crippen LogP contribution in [0.1, 0.15) is 33.3 Å². The molecule has 7 nitrogen and oxygen atoms in total. The molecule has 1 saturated heterocycles. The highest BCUT2D eigenvalue weighted by Crippen LogP contribution is 2.26. The van der Waals surface area contributed by atoms with Crippen LogP contribution in [0.3, 0.4) is 0 Å². The standard InChI is InChI=1S/C23H28N6O/c1-5-6-20(30)27-13-15-28(16-14-27)22-25-21-24-12-11-19(29(21)26-22)17-7-9-18(10-8-17)23(2,3)4/h5-12H,13-16H2,1-4H3/b6-5+. The van der Waals surface area contributed by atoms with Crippen molar-refractivity contribution < 1.29 is 4.79 Å². The van der Waals surface area contributed by atoms with Crippen LogP contribution in [0.4, 0.5) is 5.95 Å². The van der Waals surface area contributed by atoms with Gasteiger partial charge in [0.25, 0.3) is 5.78 Å². The summed E-state index contributed by atoms with van der Waals surface area (Å²) in [5.74, 6) is 1.29. The largest absolute Gasteiger partial charge is 0.336 e. The molecule has 7 heteroatoms. The van der Waals surface area contributed by atoms with Crippen molar-refractivity contribution in [1.29, 1.82) is 0 Å². The van der Waals surface area contributed by atoms with Crippen molar-refractivity contribution in [2.45, 2.75) is 33.1 Å². The number of carbonyl (C=O) groups excluding carboxylic acids is 1. The SMILES string of the molecule is C/C=C/C(=O)N1CCN(c2nc3nccc(-c4ccc(C(C)(C)C)cc4)n3n2)CC1. The number of carbonyl (C=O) groups is 1. The van der Waals surface area contributed by atoms with Crippen molar-refractivity contribution in [3.05, 3.63) is 54.2 Å². The second-order valence-corrected chi connectivity index (χ2v) is 8.59. The first-order valence-electron chi connectivity index (χ1n) is 10.4. The van der Waals surface area contributed by atoms with Gasteiger partial charge in [-0.2, -0.15) is 9.50 Å². The summed E-state index contributed by atoms with van der Waals surface area (Å²) in [5, 5.41) is 4.74. The Balaban J connectivity index is 1.58. The smallest absolute Gasteiger partial charge is 0.254 e. The Morgan fingerprint density at radius 3 is 2.37 bits per heavy atom. The monoisotopic (exact) mass is 404 g/mol. The zero-order chi connectivity index (χ0) is 21.3. The van der Waals surface area contributed by atoms with Gasteiger partial charge in [-0.15, -0.1) is 5.10 Å². The maximum Gasteiger partial charge on any atom is 0.254 e. The molecular weight excluding hydrogens is 376 g/mol. The van der Waals surface area contributed by atoms with Gasteiger partial charge in [-0.3, -0.25) is 4.79 Å². The summed E-state index contributed by atoms with van der Waals surface area (Å²) < 4.78 is 1.80. The molecule has 0 N–H and O–H groups in total. The highest BCUT2D eigenvalue weighted by molar-refractivity contribution is 5.87. The van der Waals surface area contributed by atoms with Gasteiger partial charge in [0.2, 0.25) is 11.9 Å². The third-order valence-electron chi connectivity index (χ3n) is 5.46. The fourth-order valence-electron chi connectivity index (χ4n) is 3.65. The first-order chi connectivity index (χ1) is 14.4. The maximum absolute atomic E-state index is 12.0. The Bertz CT molecular complexity index is 1070. The summed E-state index contributed by atoms with van der Waals surface area (Å²) >= 11 is 0. The van der Waals surface area contributed by atoms with Crippen molar-refractivity contribution in [2.75, 3.05) is 31.1 Å². The Hall–Kier alpha value is -3.22. The van der Waals surface area contributed by atoms with E-state index in [1.54, 1.807) is 22.9 Å². The summed E-state index contributed by atoms with van der Waals surface area (Å²) in [6.45, 7) is 11.2. The lowest BCUT2D eigenvalue weighted by Gasteiger charge is -2.33. The summed E-state index contributed by atoms with van der Waals surface area (Å²) in [4.78, 5) is 25.0. The summed E-state index contributed by atoms with van der Waals surface area (Å²) in [5.41, 5.74) is 3.44. The number of hydrogen-bond donors (Lipinski definition) is 0. The van der Waals surface area contributed by atoms with Crippen LogP contribution in [-0.2, 0) is 10.2 Å². The van der Waals surface area contributed by atoms with Crippen LogP contribution < -0.4 is 4.90 Å². The fourth-order valence-corrected chi connectivity index (χ4v) is 3.65. The normalized spacial score (nSPS) is 15.3. The van der Waals surface area contributed by atoms with Crippen LogP contribution in [-0.4, -0.2) is 56.6 Å². The highest BCUT2D eigenvalue weighted by atomic mass is 16.2. The van der Waals surface area contributed by atoms with Crippen LogP contribution in [0, 0.1) is 0 Å². The molecule has 1 aliphatic rings. The molecule has 0 spiro atoms. The second-order valence-electron chi connectivity index (χ2n) is 8.59. The van der Waals surface area contributed by atoms with E-state index in [9.17, 15) is 4.79 Å². The number of anilines is 1. The number of amides is 1. The topological polar surface area (TPSA) is 66.6 Å². The molecule has 0 saturated carbocycles. The number of piperazine rings is 1. The minimum atomic E-state index is 0.0581. The van der Waals surface area contributed by atoms with Crippen molar-refractivity contribution in [3.8, 4) is 11.3 Å². The van der Waals surface area contributed by atoms with Gasteiger partial charge >= 0.3 is 0 Å². The molecule has 3 aromatic rings. The van der Waals surface area contributed by atoms with Gasteiger partial charge < -0.3 is 9.80 Å². The number of nitrogens with zero attached hydrogens (tertiary/aromatic N) is 6. The van der Waals surface area contributed by atoms with Gasteiger partial charge in [-0.05, 0) is 30.0 Å². The fraction of sp³-hybridized carbons (Fsp3) is 0.391. The Morgan fingerprint density at radius 1 is 1.03 bits per heavy atom. The average Bonchev–Trinajstić information content (AvgIpc) is 3.18. The van der Waals surface area contributed by atoms with Gasteiger partial charge in [0, 0.05) is 37.9 Å². The van der Waals surface area contributed by atoms with E-state index < -0.39 is 0 Å². The van der Waals surface area contributed by atoms with Gasteiger partial charge in [0.05, 0.1) is 5.69 Å². The third kappa shape index (κ3) is 3.92. The molecule has 3 heterocycles.